The average Bonchev–Trinajstić information content (AvgIpc) is 2.97. The van der Waals surface area contributed by atoms with Crippen molar-refractivity contribution in [1.82, 2.24) is 0 Å². The molecule has 2 aromatic carbocycles. The van der Waals surface area contributed by atoms with E-state index in [1.807, 2.05) is 6.92 Å². The van der Waals surface area contributed by atoms with Crippen LogP contribution >= 0.6 is 0 Å². The minimum atomic E-state index is -3.85. The number of aryl methyl sites for hydroxylation is 1. The van der Waals surface area contributed by atoms with Gasteiger partial charge in [0.05, 0.1) is 4.90 Å². The number of hydrogen-bond donors (Lipinski definition) is 3. The fourth-order valence-corrected chi connectivity index (χ4v) is 3.27. The molecule has 0 bridgehead atoms. The van der Waals surface area contributed by atoms with Crippen LogP contribution in [-0.2, 0) is 21.2 Å². The molecule has 1 atom stereocenters. The molecule has 0 fully saturated rings. The molecular formula is C16H16FN3O3S. The van der Waals surface area contributed by atoms with Gasteiger partial charge in [0.25, 0.3) is 0 Å². The molecule has 4 N–H and O–H groups in total. The van der Waals surface area contributed by atoms with Gasteiger partial charge in [-0.05, 0) is 36.8 Å². The highest BCUT2D eigenvalue weighted by molar-refractivity contribution is 7.89. The number of sulfonamides is 1. The predicted octanol–water partition coefficient (Wildman–Crippen LogP) is 1.76. The largest absolute Gasteiger partial charge is 0.373 e. The number of fused-ring (bicyclic) bond motifs is 1. The van der Waals surface area contributed by atoms with Gasteiger partial charge in [-0.3, -0.25) is 4.79 Å². The van der Waals surface area contributed by atoms with E-state index in [1.165, 1.54) is 24.3 Å². The summed E-state index contributed by atoms with van der Waals surface area (Å²) < 4.78 is 36.6. The van der Waals surface area contributed by atoms with Crippen LogP contribution in [0.4, 0.5) is 15.8 Å². The molecule has 6 nitrogen and oxygen atoms in total. The summed E-state index contributed by atoms with van der Waals surface area (Å²) in [6, 6.07) is 8.06. The first kappa shape index (κ1) is 16.4. The Morgan fingerprint density at radius 2 is 2.08 bits per heavy atom. The third kappa shape index (κ3) is 3.10. The van der Waals surface area contributed by atoms with Crippen molar-refractivity contribution < 1.29 is 17.6 Å². The number of carbonyl (C=O) groups is 1. The van der Waals surface area contributed by atoms with Crippen molar-refractivity contribution in [2.45, 2.75) is 24.3 Å². The standard InChI is InChI=1S/C16H16FN3O3S/c1-9-5-6-13(17)12-8-14(20-15(9)12)16(21)19-10-3-2-4-11(7-10)24(18,22)23/h2-7,14,20H,8H2,1H3,(H,19,21)(H2,18,22,23). The van der Waals surface area contributed by atoms with Crippen LogP contribution in [0.3, 0.4) is 0 Å². The average molecular weight is 349 g/mol. The summed E-state index contributed by atoms with van der Waals surface area (Å²) in [7, 11) is -3.85. The second-order valence-electron chi connectivity index (χ2n) is 5.68. The number of hydrogen-bond acceptors (Lipinski definition) is 4. The van der Waals surface area contributed by atoms with Crippen LogP contribution in [0.15, 0.2) is 41.3 Å². The summed E-state index contributed by atoms with van der Waals surface area (Å²) in [6.45, 7) is 1.83. The zero-order valence-electron chi connectivity index (χ0n) is 12.8. The van der Waals surface area contributed by atoms with E-state index in [2.05, 4.69) is 10.6 Å². The maximum Gasteiger partial charge on any atom is 0.247 e. The SMILES string of the molecule is Cc1ccc(F)c2c1NC(C(=O)Nc1cccc(S(N)(=O)=O)c1)C2. The number of anilines is 2. The minimum Gasteiger partial charge on any atom is -0.373 e. The molecule has 0 aromatic heterocycles. The van der Waals surface area contributed by atoms with E-state index < -0.39 is 16.1 Å². The molecule has 1 heterocycles. The highest BCUT2D eigenvalue weighted by Crippen LogP contribution is 2.31. The van der Waals surface area contributed by atoms with E-state index in [0.717, 1.165) is 5.56 Å². The summed E-state index contributed by atoms with van der Waals surface area (Å²) in [6.07, 6.45) is 0.226. The second-order valence-corrected chi connectivity index (χ2v) is 7.24. The zero-order chi connectivity index (χ0) is 17.5. The van der Waals surface area contributed by atoms with Crippen LogP contribution in [0.5, 0.6) is 0 Å². The van der Waals surface area contributed by atoms with Gasteiger partial charge in [-0.25, -0.2) is 17.9 Å². The van der Waals surface area contributed by atoms with Gasteiger partial charge in [0.2, 0.25) is 15.9 Å². The molecule has 8 heteroatoms. The van der Waals surface area contributed by atoms with Gasteiger partial charge in [0.15, 0.2) is 0 Å². The highest BCUT2D eigenvalue weighted by Gasteiger charge is 2.30. The Kier molecular flexibility index (Phi) is 4.02. The van der Waals surface area contributed by atoms with Gasteiger partial charge < -0.3 is 10.6 Å². The minimum absolute atomic E-state index is 0.0927. The fourth-order valence-electron chi connectivity index (χ4n) is 2.71. The van der Waals surface area contributed by atoms with Crippen molar-refractivity contribution in [3.05, 3.63) is 53.3 Å². The number of amides is 1. The molecule has 1 aliphatic rings. The first-order valence-electron chi connectivity index (χ1n) is 7.24. The third-order valence-corrected chi connectivity index (χ3v) is 4.85. The number of primary sulfonamides is 1. The van der Waals surface area contributed by atoms with E-state index >= 15 is 0 Å². The summed E-state index contributed by atoms with van der Waals surface area (Å²) in [5, 5.41) is 10.7. The van der Waals surface area contributed by atoms with Crippen LogP contribution in [0, 0.1) is 12.7 Å². The lowest BCUT2D eigenvalue weighted by Crippen LogP contribution is -2.33. The van der Waals surface area contributed by atoms with Crippen molar-refractivity contribution in [3.63, 3.8) is 0 Å². The first-order chi connectivity index (χ1) is 11.3. The van der Waals surface area contributed by atoms with Gasteiger partial charge in [-0.1, -0.05) is 12.1 Å². The monoisotopic (exact) mass is 349 g/mol. The molecule has 0 radical (unpaired) electrons. The van der Waals surface area contributed by atoms with E-state index in [4.69, 9.17) is 5.14 Å². The van der Waals surface area contributed by atoms with Crippen LogP contribution in [0.1, 0.15) is 11.1 Å². The van der Waals surface area contributed by atoms with Crippen molar-refractivity contribution in [2.24, 2.45) is 5.14 Å². The fraction of sp³-hybridized carbons (Fsp3) is 0.188. The summed E-state index contributed by atoms with van der Waals surface area (Å²) >= 11 is 0. The summed E-state index contributed by atoms with van der Waals surface area (Å²) in [5.41, 5.74) is 2.28. The topological polar surface area (TPSA) is 101 Å². The molecule has 0 saturated heterocycles. The van der Waals surface area contributed by atoms with E-state index in [9.17, 15) is 17.6 Å². The molecule has 3 rings (SSSR count). The quantitative estimate of drug-likeness (QED) is 0.786. The maximum atomic E-state index is 13.9. The first-order valence-corrected chi connectivity index (χ1v) is 8.78. The second kappa shape index (κ2) is 5.88. The lowest BCUT2D eigenvalue weighted by Gasteiger charge is -2.13. The van der Waals surface area contributed by atoms with Crippen molar-refractivity contribution >= 4 is 27.3 Å². The molecular weight excluding hydrogens is 333 g/mol. The molecule has 1 amide bonds. The molecule has 0 aliphatic carbocycles. The smallest absolute Gasteiger partial charge is 0.247 e. The van der Waals surface area contributed by atoms with Gasteiger partial charge in [0, 0.05) is 23.4 Å². The molecule has 24 heavy (non-hydrogen) atoms. The Labute approximate surface area is 138 Å². The molecule has 2 aromatic rings. The number of benzene rings is 2. The normalized spacial score (nSPS) is 16.4. The Hall–Kier alpha value is -2.45. The van der Waals surface area contributed by atoms with Gasteiger partial charge >= 0.3 is 0 Å². The van der Waals surface area contributed by atoms with Crippen LogP contribution < -0.4 is 15.8 Å². The molecule has 0 spiro atoms. The predicted molar refractivity (Wildman–Crippen MR) is 88.7 cm³/mol. The summed E-state index contributed by atoms with van der Waals surface area (Å²) in [4.78, 5) is 12.3. The third-order valence-electron chi connectivity index (χ3n) is 3.94. The van der Waals surface area contributed by atoms with Gasteiger partial charge in [0.1, 0.15) is 11.9 Å². The Balaban J connectivity index is 1.78. The van der Waals surface area contributed by atoms with Crippen molar-refractivity contribution in [3.8, 4) is 0 Å². The van der Waals surface area contributed by atoms with Crippen LogP contribution in [0.2, 0.25) is 0 Å². The molecule has 1 aliphatic heterocycles. The van der Waals surface area contributed by atoms with Crippen molar-refractivity contribution in [2.75, 3.05) is 10.6 Å². The van der Waals surface area contributed by atoms with Gasteiger partial charge in [-0.15, -0.1) is 0 Å². The Morgan fingerprint density at radius 1 is 1.33 bits per heavy atom. The zero-order valence-corrected chi connectivity index (χ0v) is 13.7. The number of nitrogens with two attached hydrogens (primary N) is 1. The highest BCUT2D eigenvalue weighted by atomic mass is 32.2. The van der Waals surface area contributed by atoms with E-state index in [-0.39, 0.29) is 23.0 Å². The molecule has 1 unspecified atom stereocenters. The van der Waals surface area contributed by atoms with E-state index in [1.54, 1.807) is 12.1 Å². The van der Waals surface area contributed by atoms with Crippen molar-refractivity contribution in [1.29, 1.82) is 0 Å². The van der Waals surface area contributed by atoms with Gasteiger partial charge in [-0.2, -0.15) is 0 Å². The van der Waals surface area contributed by atoms with Crippen LogP contribution in [-0.4, -0.2) is 20.4 Å². The number of rotatable bonds is 3. The summed E-state index contributed by atoms with van der Waals surface area (Å²) in [5.74, 6) is -0.730. The maximum absolute atomic E-state index is 13.9. The lowest BCUT2D eigenvalue weighted by atomic mass is 10.1. The molecule has 126 valence electrons. The Morgan fingerprint density at radius 3 is 2.75 bits per heavy atom. The van der Waals surface area contributed by atoms with E-state index in [0.29, 0.717) is 16.9 Å². The number of halogens is 1. The number of carbonyl (C=O) groups excluding carboxylic acids is 1. The van der Waals surface area contributed by atoms with Crippen LogP contribution in [0.25, 0.3) is 0 Å². The Bertz CT molecular complexity index is 897. The molecule has 0 saturated carbocycles. The number of nitrogens with one attached hydrogen (secondary N) is 2. The lowest BCUT2D eigenvalue weighted by molar-refractivity contribution is -0.116.